The highest BCUT2D eigenvalue weighted by Gasteiger charge is 2.06. The van der Waals surface area contributed by atoms with Gasteiger partial charge in [-0.2, -0.15) is 0 Å². The SMILES string of the molecule is Clc1ccccc1N=C(Cc1ccccc1)c1ccccc1. The van der Waals surface area contributed by atoms with E-state index in [1.165, 1.54) is 5.56 Å². The molecule has 0 aliphatic heterocycles. The van der Waals surface area contributed by atoms with Crippen molar-refractivity contribution in [3.63, 3.8) is 0 Å². The monoisotopic (exact) mass is 305 g/mol. The van der Waals surface area contributed by atoms with Crippen molar-refractivity contribution in [2.75, 3.05) is 0 Å². The minimum Gasteiger partial charge on any atom is -0.251 e. The first-order chi connectivity index (χ1) is 10.8. The van der Waals surface area contributed by atoms with Crippen molar-refractivity contribution in [2.24, 2.45) is 4.99 Å². The number of benzene rings is 3. The smallest absolute Gasteiger partial charge is 0.0819 e. The van der Waals surface area contributed by atoms with Gasteiger partial charge >= 0.3 is 0 Å². The Morgan fingerprint density at radius 1 is 0.727 bits per heavy atom. The molecule has 0 radical (unpaired) electrons. The van der Waals surface area contributed by atoms with Gasteiger partial charge in [0.25, 0.3) is 0 Å². The van der Waals surface area contributed by atoms with Crippen molar-refractivity contribution in [3.05, 3.63) is 101 Å². The maximum absolute atomic E-state index is 6.25. The van der Waals surface area contributed by atoms with Crippen LogP contribution in [0.25, 0.3) is 0 Å². The van der Waals surface area contributed by atoms with Crippen molar-refractivity contribution in [2.45, 2.75) is 6.42 Å². The Bertz CT molecular complexity index is 764. The molecule has 3 aromatic carbocycles. The predicted molar refractivity (Wildman–Crippen MR) is 94.2 cm³/mol. The molecular formula is C20H16ClN. The molecule has 0 aliphatic rings. The van der Waals surface area contributed by atoms with E-state index in [0.29, 0.717) is 5.02 Å². The molecule has 0 heterocycles. The largest absolute Gasteiger partial charge is 0.251 e. The van der Waals surface area contributed by atoms with Crippen molar-refractivity contribution < 1.29 is 0 Å². The molecule has 0 N–H and O–H groups in total. The van der Waals surface area contributed by atoms with Crippen molar-refractivity contribution in [1.29, 1.82) is 0 Å². The summed E-state index contributed by atoms with van der Waals surface area (Å²) in [6.45, 7) is 0. The maximum atomic E-state index is 6.25. The third kappa shape index (κ3) is 3.63. The Morgan fingerprint density at radius 2 is 1.32 bits per heavy atom. The first-order valence-corrected chi connectivity index (χ1v) is 7.62. The van der Waals surface area contributed by atoms with Crippen molar-refractivity contribution in [3.8, 4) is 0 Å². The van der Waals surface area contributed by atoms with E-state index in [1.54, 1.807) is 0 Å². The normalized spacial score (nSPS) is 11.4. The van der Waals surface area contributed by atoms with Crippen LogP contribution in [0.15, 0.2) is 89.9 Å². The van der Waals surface area contributed by atoms with Gasteiger partial charge < -0.3 is 0 Å². The van der Waals surface area contributed by atoms with E-state index in [-0.39, 0.29) is 0 Å². The second-order valence-corrected chi connectivity index (χ2v) is 5.45. The standard InChI is InChI=1S/C20H16ClN/c21-18-13-7-8-14-19(18)22-20(17-11-5-2-6-12-17)15-16-9-3-1-4-10-16/h1-14H,15H2. The van der Waals surface area contributed by atoms with Gasteiger partial charge in [0.05, 0.1) is 16.4 Å². The summed E-state index contributed by atoms with van der Waals surface area (Å²) < 4.78 is 0. The van der Waals surface area contributed by atoms with Gasteiger partial charge in [-0.1, -0.05) is 84.4 Å². The molecule has 0 spiro atoms. The molecule has 0 fully saturated rings. The Labute approximate surface area is 135 Å². The van der Waals surface area contributed by atoms with Gasteiger partial charge in [-0.15, -0.1) is 0 Å². The van der Waals surface area contributed by atoms with Crippen LogP contribution in [0.4, 0.5) is 5.69 Å². The zero-order chi connectivity index (χ0) is 15.2. The zero-order valence-electron chi connectivity index (χ0n) is 12.1. The fourth-order valence-corrected chi connectivity index (χ4v) is 2.49. The lowest BCUT2D eigenvalue weighted by atomic mass is 10.0. The Kier molecular flexibility index (Phi) is 4.67. The number of nitrogens with zero attached hydrogens (tertiary/aromatic N) is 1. The highest BCUT2D eigenvalue weighted by atomic mass is 35.5. The summed E-state index contributed by atoms with van der Waals surface area (Å²) in [5.41, 5.74) is 4.17. The summed E-state index contributed by atoms with van der Waals surface area (Å²) in [4.78, 5) is 4.81. The summed E-state index contributed by atoms with van der Waals surface area (Å²) in [6, 6.07) is 28.3. The van der Waals surface area contributed by atoms with Crippen LogP contribution in [0, 0.1) is 0 Å². The van der Waals surface area contributed by atoms with Gasteiger partial charge in [0.1, 0.15) is 0 Å². The van der Waals surface area contributed by atoms with Gasteiger partial charge in [-0.25, -0.2) is 0 Å². The lowest BCUT2D eigenvalue weighted by molar-refractivity contribution is 1.30. The van der Waals surface area contributed by atoms with Gasteiger partial charge in [0.2, 0.25) is 0 Å². The first kappa shape index (κ1) is 14.6. The van der Waals surface area contributed by atoms with E-state index < -0.39 is 0 Å². The fraction of sp³-hybridized carbons (Fsp3) is 0.0500. The molecule has 22 heavy (non-hydrogen) atoms. The van der Waals surface area contributed by atoms with E-state index in [9.17, 15) is 0 Å². The van der Waals surface area contributed by atoms with Gasteiger partial charge in [0.15, 0.2) is 0 Å². The van der Waals surface area contributed by atoms with Gasteiger partial charge in [0, 0.05) is 6.42 Å². The number of hydrogen-bond donors (Lipinski definition) is 0. The van der Waals surface area contributed by atoms with Crippen LogP contribution in [-0.4, -0.2) is 5.71 Å². The molecule has 0 saturated carbocycles. The molecule has 0 bridgehead atoms. The van der Waals surface area contributed by atoms with E-state index >= 15 is 0 Å². The minimum absolute atomic E-state index is 0.670. The van der Waals surface area contributed by atoms with Crippen LogP contribution in [0.3, 0.4) is 0 Å². The molecule has 3 aromatic rings. The van der Waals surface area contributed by atoms with Crippen LogP contribution >= 0.6 is 11.6 Å². The Hall–Kier alpha value is -2.38. The summed E-state index contributed by atoms with van der Waals surface area (Å²) in [5.74, 6) is 0. The summed E-state index contributed by atoms with van der Waals surface area (Å²) >= 11 is 6.25. The molecule has 0 aliphatic carbocycles. The molecule has 3 rings (SSSR count). The number of aliphatic imine (C=N–C) groups is 1. The maximum Gasteiger partial charge on any atom is 0.0819 e. The minimum atomic E-state index is 0.670. The third-order valence-corrected chi connectivity index (χ3v) is 3.75. The van der Waals surface area contributed by atoms with E-state index in [4.69, 9.17) is 16.6 Å². The molecule has 0 aromatic heterocycles. The fourth-order valence-electron chi connectivity index (χ4n) is 2.31. The van der Waals surface area contributed by atoms with Crippen LogP contribution < -0.4 is 0 Å². The number of hydrogen-bond acceptors (Lipinski definition) is 1. The van der Waals surface area contributed by atoms with Gasteiger partial charge in [-0.3, -0.25) is 4.99 Å². The topological polar surface area (TPSA) is 12.4 Å². The van der Waals surface area contributed by atoms with Crippen LogP contribution in [-0.2, 0) is 6.42 Å². The quantitative estimate of drug-likeness (QED) is 0.548. The lowest BCUT2D eigenvalue weighted by Crippen LogP contribution is -2.05. The third-order valence-electron chi connectivity index (χ3n) is 3.43. The number of para-hydroxylation sites is 1. The second kappa shape index (κ2) is 7.06. The Balaban J connectivity index is 2.02. The number of rotatable bonds is 4. The van der Waals surface area contributed by atoms with Crippen LogP contribution in [0.2, 0.25) is 5.02 Å². The molecule has 0 atom stereocenters. The molecule has 0 saturated heterocycles. The van der Waals surface area contributed by atoms with Gasteiger partial charge in [-0.05, 0) is 23.3 Å². The predicted octanol–water partition coefficient (Wildman–Crippen LogP) is 5.70. The molecule has 0 amide bonds. The van der Waals surface area contributed by atoms with Crippen LogP contribution in [0.5, 0.6) is 0 Å². The van der Waals surface area contributed by atoms with Crippen molar-refractivity contribution >= 4 is 23.0 Å². The zero-order valence-corrected chi connectivity index (χ0v) is 12.9. The first-order valence-electron chi connectivity index (χ1n) is 7.24. The summed E-state index contributed by atoms with van der Waals surface area (Å²) in [5, 5.41) is 0.670. The molecule has 0 unspecified atom stereocenters. The lowest BCUT2D eigenvalue weighted by Gasteiger charge is -2.08. The summed E-state index contributed by atoms with van der Waals surface area (Å²) in [6.07, 6.45) is 0.774. The average molecular weight is 306 g/mol. The molecule has 108 valence electrons. The average Bonchev–Trinajstić information content (AvgIpc) is 2.58. The molecule has 2 heteroatoms. The highest BCUT2D eigenvalue weighted by molar-refractivity contribution is 6.33. The van der Waals surface area contributed by atoms with Crippen LogP contribution in [0.1, 0.15) is 11.1 Å². The van der Waals surface area contributed by atoms with E-state index in [1.807, 2.05) is 60.7 Å². The Morgan fingerprint density at radius 3 is 2.00 bits per heavy atom. The number of halogens is 1. The molecular weight excluding hydrogens is 290 g/mol. The van der Waals surface area contributed by atoms with E-state index in [2.05, 4.69) is 24.3 Å². The summed E-state index contributed by atoms with van der Waals surface area (Å²) in [7, 11) is 0. The second-order valence-electron chi connectivity index (χ2n) is 5.04. The van der Waals surface area contributed by atoms with Crippen molar-refractivity contribution in [1.82, 2.24) is 0 Å². The highest BCUT2D eigenvalue weighted by Crippen LogP contribution is 2.25. The van der Waals surface area contributed by atoms with E-state index in [0.717, 1.165) is 23.4 Å². The molecule has 1 nitrogen and oxygen atoms in total.